The Morgan fingerprint density at radius 3 is 2.38 bits per heavy atom. The molecule has 1 aliphatic heterocycles. The van der Waals surface area contributed by atoms with Gasteiger partial charge in [0.15, 0.2) is 5.69 Å². The van der Waals surface area contributed by atoms with Crippen LogP contribution in [0.4, 0.5) is 17.5 Å². The molecule has 2 aromatic carbocycles. The minimum absolute atomic E-state index is 0.117. The summed E-state index contributed by atoms with van der Waals surface area (Å²) in [6.45, 7) is 6.44. The molecule has 1 aliphatic rings. The largest absolute Gasteiger partial charge is 0.340 e. The molecule has 0 bridgehead atoms. The summed E-state index contributed by atoms with van der Waals surface area (Å²) in [6.07, 6.45) is 1.52. The molecule has 0 unspecified atom stereocenters. The van der Waals surface area contributed by atoms with Crippen molar-refractivity contribution in [3.63, 3.8) is 0 Å². The first-order chi connectivity index (χ1) is 16.5. The van der Waals surface area contributed by atoms with Crippen LogP contribution in [-0.4, -0.2) is 61.9 Å². The van der Waals surface area contributed by atoms with Crippen LogP contribution in [0.5, 0.6) is 0 Å². The fourth-order valence-corrected chi connectivity index (χ4v) is 3.86. The number of para-hydroxylation sites is 1. The lowest BCUT2D eigenvalue weighted by Crippen LogP contribution is -2.49. The Morgan fingerprint density at radius 2 is 1.65 bits per heavy atom. The Labute approximate surface area is 198 Å². The molecule has 1 amide bonds. The highest BCUT2D eigenvalue weighted by Crippen LogP contribution is 2.20. The second kappa shape index (κ2) is 9.30. The summed E-state index contributed by atoms with van der Waals surface area (Å²) >= 11 is 0. The van der Waals surface area contributed by atoms with Crippen molar-refractivity contribution in [2.75, 3.05) is 36.4 Å². The number of hydrogen-bond donors (Lipinski definition) is 1. The van der Waals surface area contributed by atoms with Gasteiger partial charge in [-0.05, 0) is 38.1 Å². The lowest BCUT2D eigenvalue weighted by molar-refractivity contribution is 0.0740. The maximum Gasteiger partial charge on any atom is 0.276 e. The minimum atomic E-state index is -0.117. The highest BCUT2D eigenvalue weighted by molar-refractivity contribution is 5.92. The number of anilines is 3. The van der Waals surface area contributed by atoms with Gasteiger partial charge in [0.1, 0.15) is 5.82 Å². The van der Waals surface area contributed by atoms with Gasteiger partial charge in [-0.2, -0.15) is 14.9 Å². The third kappa shape index (κ3) is 4.73. The second-order valence-electron chi connectivity index (χ2n) is 8.32. The van der Waals surface area contributed by atoms with E-state index in [0.717, 1.165) is 22.9 Å². The van der Waals surface area contributed by atoms with Gasteiger partial charge in [0.25, 0.3) is 5.91 Å². The van der Waals surface area contributed by atoms with E-state index >= 15 is 0 Å². The molecule has 4 aromatic rings. The number of nitrogens with one attached hydrogen (secondary N) is 1. The predicted molar refractivity (Wildman–Crippen MR) is 131 cm³/mol. The van der Waals surface area contributed by atoms with Crippen molar-refractivity contribution in [1.82, 2.24) is 29.9 Å². The number of benzene rings is 2. The zero-order chi connectivity index (χ0) is 23.5. The number of rotatable bonds is 5. The van der Waals surface area contributed by atoms with Crippen molar-refractivity contribution in [2.24, 2.45) is 0 Å². The molecule has 2 aromatic heterocycles. The molecule has 9 nitrogen and oxygen atoms in total. The standard InChI is InChI=1S/C25H26N8O/c1-18-8-10-20(11-9-18)28-23-16-19(2)27-25(29-23)32-14-12-31(13-15-32)24(34)22-17-26-33(30-22)21-6-4-3-5-7-21/h3-11,16-17H,12-15H2,1-2H3,(H,27,28,29). The summed E-state index contributed by atoms with van der Waals surface area (Å²) in [6, 6.07) is 19.7. The summed E-state index contributed by atoms with van der Waals surface area (Å²) in [5, 5.41) is 12.0. The number of aromatic nitrogens is 5. The second-order valence-corrected chi connectivity index (χ2v) is 8.32. The van der Waals surface area contributed by atoms with Gasteiger partial charge in [0.05, 0.1) is 11.9 Å². The van der Waals surface area contributed by atoms with Crippen LogP contribution in [-0.2, 0) is 0 Å². The Morgan fingerprint density at radius 1 is 0.912 bits per heavy atom. The monoisotopic (exact) mass is 454 g/mol. The molecule has 34 heavy (non-hydrogen) atoms. The van der Waals surface area contributed by atoms with Crippen molar-refractivity contribution < 1.29 is 4.79 Å². The molecule has 0 saturated carbocycles. The van der Waals surface area contributed by atoms with E-state index in [1.165, 1.54) is 16.6 Å². The lowest BCUT2D eigenvalue weighted by Gasteiger charge is -2.34. The van der Waals surface area contributed by atoms with Crippen LogP contribution in [0, 0.1) is 13.8 Å². The van der Waals surface area contributed by atoms with E-state index in [1.807, 2.05) is 55.5 Å². The smallest absolute Gasteiger partial charge is 0.276 e. The average molecular weight is 455 g/mol. The van der Waals surface area contributed by atoms with Gasteiger partial charge in [-0.3, -0.25) is 4.79 Å². The molecule has 0 atom stereocenters. The maximum absolute atomic E-state index is 13.0. The predicted octanol–water partition coefficient (Wildman–Crippen LogP) is 3.38. The summed E-state index contributed by atoms with van der Waals surface area (Å²) in [4.78, 5) is 27.7. The first-order valence-corrected chi connectivity index (χ1v) is 11.3. The summed E-state index contributed by atoms with van der Waals surface area (Å²) in [5.74, 6) is 1.30. The third-order valence-corrected chi connectivity index (χ3v) is 5.71. The van der Waals surface area contributed by atoms with Gasteiger partial charge in [0.2, 0.25) is 5.95 Å². The zero-order valence-electron chi connectivity index (χ0n) is 19.2. The molecule has 0 radical (unpaired) electrons. The van der Waals surface area contributed by atoms with Crippen molar-refractivity contribution in [3.8, 4) is 5.69 Å². The SMILES string of the molecule is Cc1ccc(Nc2cc(C)nc(N3CCN(C(=O)c4cnn(-c5ccccc5)n4)CC3)n2)cc1. The summed E-state index contributed by atoms with van der Waals surface area (Å²) < 4.78 is 0. The highest BCUT2D eigenvalue weighted by atomic mass is 16.2. The fraction of sp³-hybridized carbons (Fsp3) is 0.240. The molecule has 5 rings (SSSR count). The van der Waals surface area contributed by atoms with E-state index in [9.17, 15) is 4.79 Å². The van der Waals surface area contributed by atoms with Crippen LogP contribution >= 0.6 is 0 Å². The Bertz CT molecular complexity index is 1280. The molecule has 172 valence electrons. The number of aryl methyl sites for hydroxylation is 2. The summed E-state index contributed by atoms with van der Waals surface area (Å²) in [5.41, 5.74) is 4.23. The van der Waals surface area contributed by atoms with Gasteiger partial charge in [-0.15, -0.1) is 5.10 Å². The molecule has 3 heterocycles. The number of hydrogen-bond acceptors (Lipinski definition) is 7. The van der Waals surface area contributed by atoms with Crippen molar-refractivity contribution in [1.29, 1.82) is 0 Å². The van der Waals surface area contributed by atoms with Gasteiger partial charge in [-0.1, -0.05) is 35.9 Å². The van der Waals surface area contributed by atoms with Crippen LogP contribution in [0.15, 0.2) is 66.9 Å². The summed E-state index contributed by atoms with van der Waals surface area (Å²) in [7, 11) is 0. The molecular weight excluding hydrogens is 428 g/mol. The number of carbonyl (C=O) groups excluding carboxylic acids is 1. The van der Waals surface area contributed by atoms with Crippen LogP contribution in [0.3, 0.4) is 0 Å². The van der Waals surface area contributed by atoms with Gasteiger partial charge in [-0.25, -0.2) is 4.98 Å². The van der Waals surface area contributed by atoms with Crippen molar-refractivity contribution >= 4 is 23.4 Å². The number of amides is 1. The van der Waals surface area contributed by atoms with E-state index < -0.39 is 0 Å². The molecule has 0 aliphatic carbocycles. The first kappa shape index (κ1) is 21.6. The van der Waals surface area contributed by atoms with Gasteiger partial charge in [0, 0.05) is 43.6 Å². The van der Waals surface area contributed by atoms with Crippen LogP contribution < -0.4 is 10.2 Å². The quantitative estimate of drug-likeness (QED) is 0.494. The van der Waals surface area contributed by atoms with Crippen LogP contribution in [0.1, 0.15) is 21.7 Å². The number of carbonyl (C=O) groups is 1. The minimum Gasteiger partial charge on any atom is -0.340 e. The molecule has 1 saturated heterocycles. The van der Waals surface area contributed by atoms with Crippen LogP contribution in [0.2, 0.25) is 0 Å². The fourth-order valence-electron chi connectivity index (χ4n) is 3.86. The number of piperazine rings is 1. The molecule has 0 spiro atoms. The van der Waals surface area contributed by atoms with Crippen molar-refractivity contribution in [2.45, 2.75) is 13.8 Å². The van der Waals surface area contributed by atoms with E-state index in [1.54, 1.807) is 4.90 Å². The van der Waals surface area contributed by atoms with E-state index in [2.05, 4.69) is 44.5 Å². The highest BCUT2D eigenvalue weighted by Gasteiger charge is 2.25. The van der Waals surface area contributed by atoms with Gasteiger partial charge < -0.3 is 15.1 Å². The topological polar surface area (TPSA) is 92.1 Å². The van der Waals surface area contributed by atoms with Crippen LogP contribution in [0.25, 0.3) is 5.69 Å². The zero-order valence-corrected chi connectivity index (χ0v) is 19.2. The first-order valence-electron chi connectivity index (χ1n) is 11.3. The molecule has 9 heteroatoms. The number of nitrogens with zero attached hydrogens (tertiary/aromatic N) is 7. The Hall–Kier alpha value is -4.27. The molecular formula is C25H26N8O. The molecule has 1 fully saturated rings. The van der Waals surface area contributed by atoms with E-state index in [0.29, 0.717) is 37.8 Å². The van der Waals surface area contributed by atoms with Crippen molar-refractivity contribution in [3.05, 3.63) is 83.8 Å². The third-order valence-electron chi connectivity index (χ3n) is 5.71. The normalized spacial score (nSPS) is 13.7. The van der Waals surface area contributed by atoms with E-state index in [4.69, 9.17) is 4.98 Å². The Kier molecular flexibility index (Phi) is 5.90. The van der Waals surface area contributed by atoms with E-state index in [-0.39, 0.29) is 5.91 Å². The van der Waals surface area contributed by atoms with Gasteiger partial charge >= 0.3 is 0 Å². The maximum atomic E-state index is 13.0. The molecule has 1 N–H and O–H groups in total. The average Bonchev–Trinajstić information content (AvgIpc) is 3.36. The Balaban J connectivity index is 1.24. The lowest BCUT2D eigenvalue weighted by atomic mass is 10.2.